The summed E-state index contributed by atoms with van der Waals surface area (Å²) in [7, 11) is 0. The SMILES string of the molecule is Cc1ccc(-c2nc(CC(=O)Nc3nc4c(ccc5ccccc54)s3)cs2)c(C)c1. The molecule has 0 aliphatic heterocycles. The van der Waals surface area contributed by atoms with E-state index in [4.69, 9.17) is 0 Å². The number of nitrogens with zero attached hydrogens (tertiary/aromatic N) is 2. The van der Waals surface area contributed by atoms with E-state index in [1.165, 1.54) is 22.5 Å². The van der Waals surface area contributed by atoms with E-state index in [0.717, 1.165) is 37.3 Å². The van der Waals surface area contributed by atoms with Gasteiger partial charge in [-0.2, -0.15) is 0 Å². The van der Waals surface area contributed by atoms with Crippen LogP contribution in [0.15, 0.2) is 60.0 Å². The number of carbonyl (C=O) groups is 1. The highest BCUT2D eigenvalue weighted by Crippen LogP contribution is 2.32. The van der Waals surface area contributed by atoms with Crippen LogP contribution in [0.4, 0.5) is 5.13 Å². The van der Waals surface area contributed by atoms with Gasteiger partial charge in [-0.3, -0.25) is 4.79 Å². The van der Waals surface area contributed by atoms with Crippen LogP contribution in [-0.2, 0) is 11.2 Å². The first-order valence-electron chi connectivity index (χ1n) is 9.67. The van der Waals surface area contributed by atoms with E-state index in [9.17, 15) is 4.79 Å². The predicted octanol–water partition coefficient (Wildman–Crippen LogP) is 6.37. The largest absolute Gasteiger partial charge is 0.302 e. The maximum absolute atomic E-state index is 12.6. The molecule has 5 rings (SSSR count). The van der Waals surface area contributed by atoms with Crippen LogP contribution >= 0.6 is 22.7 Å². The number of benzene rings is 3. The molecule has 0 aliphatic carbocycles. The zero-order valence-electron chi connectivity index (χ0n) is 16.6. The Morgan fingerprint density at radius 2 is 1.90 bits per heavy atom. The normalized spacial score (nSPS) is 11.3. The molecule has 0 fully saturated rings. The molecule has 0 unspecified atom stereocenters. The number of nitrogens with one attached hydrogen (secondary N) is 1. The van der Waals surface area contributed by atoms with Crippen molar-refractivity contribution in [3.05, 3.63) is 76.8 Å². The molecule has 1 N–H and O–H groups in total. The number of hydrogen-bond donors (Lipinski definition) is 1. The molecule has 0 spiro atoms. The quantitative estimate of drug-likeness (QED) is 0.361. The van der Waals surface area contributed by atoms with Gasteiger partial charge in [-0.15, -0.1) is 11.3 Å². The molecule has 0 aliphatic rings. The fourth-order valence-corrected chi connectivity index (χ4v) is 5.42. The van der Waals surface area contributed by atoms with Crippen molar-refractivity contribution in [3.63, 3.8) is 0 Å². The van der Waals surface area contributed by atoms with Crippen LogP contribution in [0.1, 0.15) is 16.8 Å². The molecule has 0 atom stereocenters. The van der Waals surface area contributed by atoms with Gasteiger partial charge in [0.2, 0.25) is 5.91 Å². The van der Waals surface area contributed by atoms with Gasteiger partial charge in [-0.05, 0) is 30.9 Å². The number of anilines is 1. The Balaban J connectivity index is 1.34. The molecule has 0 saturated heterocycles. The molecule has 4 nitrogen and oxygen atoms in total. The van der Waals surface area contributed by atoms with Crippen molar-refractivity contribution >= 4 is 54.7 Å². The topological polar surface area (TPSA) is 54.9 Å². The minimum atomic E-state index is -0.101. The number of thiazole rings is 2. The molecule has 0 bridgehead atoms. The summed E-state index contributed by atoms with van der Waals surface area (Å²) >= 11 is 3.07. The van der Waals surface area contributed by atoms with Crippen molar-refractivity contribution < 1.29 is 4.79 Å². The first kappa shape index (κ1) is 18.9. The second-order valence-corrected chi connectivity index (χ2v) is 9.23. The molecule has 6 heteroatoms. The third kappa shape index (κ3) is 3.60. The lowest BCUT2D eigenvalue weighted by Gasteiger charge is -2.03. The summed E-state index contributed by atoms with van der Waals surface area (Å²) in [6.45, 7) is 4.17. The molecule has 3 aromatic carbocycles. The number of aromatic nitrogens is 2. The predicted molar refractivity (Wildman–Crippen MR) is 126 cm³/mol. The van der Waals surface area contributed by atoms with E-state index < -0.39 is 0 Å². The highest BCUT2D eigenvalue weighted by atomic mass is 32.1. The minimum absolute atomic E-state index is 0.101. The number of hydrogen-bond acceptors (Lipinski definition) is 5. The van der Waals surface area contributed by atoms with Crippen LogP contribution in [0.25, 0.3) is 31.6 Å². The summed E-state index contributed by atoms with van der Waals surface area (Å²) in [4.78, 5) is 21.9. The third-order valence-corrected chi connectivity index (χ3v) is 6.90. The van der Waals surface area contributed by atoms with E-state index in [1.54, 1.807) is 11.3 Å². The molecule has 0 saturated carbocycles. The van der Waals surface area contributed by atoms with Gasteiger partial charge in [0.05, 0.1) is 22.3 Å². The smallest absolute Gasteiger partial charge is 0.232 e. The highest BCUT2D eigenvalue weighted by Gasteiger charge is 2.13. The molecule has 2 heterocycles. The molecule has 30 heavy (non-hydrogen) atoms. The molecule has 0 radical (unpaired) electrons. The average molecular weight is 430 g/mol. The Kier molecular flexibility index (Phi) is 4.81. The van der Waals surface area contributed by atoms with E-state index in [0.29, 0.717) is 5.13 Å². The Hall–Kier alpha value is -3.09. The molecule has 148 valence electrons. The highest BCUT2D eigenvalue weighted by molar-refractivity contribution is 7.22. The van der Waals surface area contributed by atoms with Crippen LogP contribution in [0.2, 0.25) is 0 Å². The van der Waals surface area contributed by atoms with Crippen molar-refractivity contribution in [2.75, 3.05) is 5.32 Å². The van der Waals surface area contributed by atoms with Crippen LogP contribution in [-0.4, -0.2) is 15.9 Å². The van der Waals surface area contributed by atoms with Crippen LogP contribution < -0.4 is 5.32 Å². The monoisotopic (exact) mass is 429 g/mol. The maximum atomic E-state index is 12.6. The minimum Gasteiger partial charge on any atom is -0.302 e. The maximum Gasteiger partial charge on any atom is 0.232 e. The van der Waals surface area contributed by atoms with Crippen LogP contribution in [0, 0.1) is 13.8 Å². The van der Waals surface area contributed by atoms with E-state index >= 15 is 0 Å². The summed E-state index contributed by atoms with van der Waals surface area (Å²) in [6.07, 6.45) is 0.234. The van der Waals surface area contributed by atoms with Crippen molar-refractivity contribution in [1.29, 1.82) is 0 Å². The number of aryl methyl sites for hydroxylation is 2. The Bertz CT molecular complexity index is 1400. The summed E-state index contributed by atoms with van der Waals surface area (Å²) in [5, 5.41) is 8.72. The van der Waals surface area contributed by atoms with Gasteiger partial charge < -0.3 is 5.32 Å². The zero-order chi connectivity index (χ0) is 20.7. The second-order valence-electron chi connectivity index (χ2n) is 7.34. The van der Waals surface area contributed by atoms with E-state index in [2.05, 4.69) is 71.6 Å². The first-order chi connectivity index (χ1) is 14.6. The third-order valence-electron chi connectivity index (χ3n) is 5.04. The number of rotatable bonds is 4. The number of carbonyl (C=O) groups excluding carboxylic acids is 1. The fraction of sp³-hybridized carbons (Fsp3) is 0.125. The fourth-order valence-electron chi connectivity index (χ4n) is 3.61. The zero-order valence-corrected chi connectivity index (χ0v) is 18.2. The molecule has 1 amide bonds. The Morgan fingerprint density at radius 3 is 2.77 bits per heavy atom. The summed E-state index contributed by atoms with van der Waals surface area (Å²) < 4.78 is 1.06. The summed E-state index contributed by atoms with van der Waals surface area (Å²) in [5.41, 5.74) is 5.26. The van der Waals surface area contributed by atoms with Gasteiger partial charge in [-0.25, -0.2) is 9.97 Å². The van der Waals surface area contributed by atoms with Crippen LogP contribution in [0.5, 0.6) is 0 Å². The van der Waals surface area contributed by atoms with E-state index in [1.807, 2.05) is 17.5 Å². The second kappa shape index (κ2) is 7.63. The van der Waals surface area contributed by atoms with Gasteiger partial charge in [0.15, 0.2) is 5.13 Å². The molecular formula is C24H19N3OS2. The molecular weight excluding hydrogens is 410 g/mol. The van der Waals surface area contributed by atoms with Gasteiger partial charge in [0, 0.05) is 16.3 Å². The van der Waals surface area contributed by atoms with Gasteiger partial charge in [-0.1, -0.05) is 65.4 Å². The Labute approximate surface area is 182 Å². The lowest BCUT2D eigenvalue weighted by molar-refractivity contribution is -0.115. The van der Waals surface area contributed by atoms with Gasteiger partial charge >= 0.3 is 0 Å². The average Bonchev–Trinajstić information content (AvgIpc) is 3.34. The molecule has 5 aromatic rings. The van der Waals surface area contributed by atoms with Crippen molar-refractivity contribution in [1.82, 2.24) is 9.97 Å². The standard InChI is InChI=1S/C24H19N3OS2/c1-14-7-9-18(15(2)11-14)23-25-17(13-29-23)12-21(28)26-24-27-22-19-6-4-3-5-16(19)8-10-20(22)30-24/h3-11,13H,12H2,1-2H3,(H,26,27,28). The summed E-state index contributed by atoms with van der Waals surface area (Å²) in [6, 6.07) is 18.6. The number of fused-ring (bicyclic) bond motifs is 3. The summed E-state index contributed by atoms with van der Waals surface area (Å²) in [5.74, 6) is -0.101. The Morgan fingerprint density at radius 1 is 1.03 bits per heavy atom. The number of amides is 1. The van der Waals surface area contributed by atoms with E-state index in [-0.39, 0.29) is 12.3 Å². The van der Waals surface area contributed by atoms with Crippen LogP contribution in [0.3, 0.4) is 0 Å². The van der Waals surface area contributed by atoms with Crippen molar-refractivity contribution in [2.24, 2.45) is 0 Å². The first-order valence-corrected chi connectivity index (χ1v) is 11.4. The lowest BCUT2D eigenvalue weighted by Crippen LogP contribution is -2.14. The molecule has 2 aromatic heterocycles. The van der Waals surface area contributed by atoms with Crippen molar-refractivity contribution in [3.8, 4) is 10.6 Å². The van der Waals surface area contributed by atoms with Gasteiger partial charge in [0.1, 0.15) is 5.01 Å². The van der Waals surface area contributed by atoms with Crippen molar-refractivity contribution in [2.45, 2.75) is 20.3 Å². The lowest BCUT2D eigenvalue weighted by atomic mass is 10.1. The van der Waals surface area contributed by atoms with Gasteiger partial charge in [0.25, 0.3) is 0 Å².